The van der Waals surface area contributed by atoms with E-state index < -0.39 is 0 Å². The van der Waals surface area contributed by atoms with Crippen molar-refractivity contribution in [3.05, 3.63) is 35.5 Å². The summed E-state index contributed by atoms with van der Waals surface area (Å²) in [5, 5.41) is 8.22. The minimum absolute atomic E-state index is 0.574. The largest absolute Gasteiger partial charge is 0.493 e. The Morgan fingerprint density at radius 3 is 3.24 bits per heavy atom. The lowest BCUT2D eigenvalue weighted by Crippen LogP contribution is -2.17. The summed E-state index contributed by atoms with van der Waals surface area (Å²) in [5.74, 6) is 0.991. The van der Waals surface area contributed by atoms with Crippen LogP contribution in [0.15, 0.2) is 24.4 Å². The third-order valence-electron chi connectivity index (χ3n) is 3.63. The summed E-state index contributed by atoms with van der Waals surface area (Å²) in [4.78, 5) is 8.78. The maximum atomic E-state index is 5.53. The fraction of sp³-hybridized carbons (Fsp3) is 0.286. The zero-order valence-corrected chi connectivity index (χ0v) is 11.7. The Labute approximate surface area is 122 Å². The molecule has 21 heavy (non-hydrogen) atoms. The van der Waals surface area contributed by atoms with E-state index in [2.05, 4.69) is 32.4 Å². The number of rotatable bonds is 3. The van der Waals surface area contributed by atoms with Gasteiger partial charge in [0.15, 0.2) is 12.9 Å². The molecule has 1 radical (unpaired) electrons. The predicted molar refractivity (Wildman–Crippen MR) is 79.1 cm³/mol. The smallest absolute Gasteiger partial charge is 0.221 e. The Kier molecular flexibility index (Phi) is 2.84. The van der Waals surface area contributed by atoms with Gasteiger partial charge in [0.05, 0.1) is 13.2 Å². The number of nitrogens with zero attached hydrogens (tertiary/aromatic N) is 5. The van der Waals surface area contributed by atoms with Gasteiger partial charge < -0.3 is 4.74 Å². The number of aromatic nitrogens is 5. The van der Waals surface area contributed by atoms with Gasteiger partial charge in [-0.1, -0.05) is 24.2 Å². The second kappa shape index (κ2) is 4.84. The molecular weight excluding hydrogens is 265 g/mol. The van der Waals surface area contributed by atoms with Crippen LogP contribution >= 0.6 is 0 Å². The third-order valence-corrected chi connectivity index (χ3v) is 3.63. The topological polar surface area (TPSA) is 65.7 Å². The first-order valence-electron chi connectivity index (χ1n) is 6.94. The van der Waals surface area contributed by atoms with Crippen molar-refractivity contribution in [1.29, 1.82) is 0 Å². The standard InChI is InChI=1S/C14H13BN5O/c1-15-12-7-16-13-14(17-12)20(19-18-13)8-9-2-3-11-10(6-9)4-5-21-11/h2-3,6-7H,4-5,8H2,1H3. The van der Waals surface area contributed by atoms with Crippen LogP contribution < -0.4 is 10.3 Å². The van der Waals surface area contributed by atoms with Crippen molar-refractivity contribution in [1.82, 2.24) is 25.0 Å². The fourth-order valence-corrected chi connectivity index (χ4v) is 2.53. The monoisotopic (exact) mass is 278 g/mol. The van der Waals surface area contributed by atoms with E-state index in [1.54, 1.807) is 10.9 Å². The number of benzene rings is 1. The van der Waals surface area contributed by atoms with Gasteiger partial charge in [0, 0.05) is 18.2 Å². The zero-order chi connectivity index (χ0) is 14.2. The molecular formula is C14H13BN5O. The molecule has 7 heteroatoms. The van der Waals surface area contributed by atoms with Gasteiger partial charge in [-0.3, -0.25) is 0 Å². The van der Waals surface area contributed by atoms with Crippen LogP contribution in [-0.2, 0) is 13.0 Å². The van der Waals surface area contributed by atoms with Gasteiger partial charge in [0.25, 0.3) is 0 Å². The molecule has 0 fully saturated rings. The summed E-state index contributed by atoms with van der Waals surface area (Å²) in [6.45, 7) is 3.34. The van der Waals surface area contributed by atoms with Crippen LogP contribution in [0.4, 0.5) is 0 Å². The normalized spacial score (nSPS) is 13.2. The summed E-state index contributed by atoms with van der Waals surface area (Å²) >= 11 is 0. The van der Waals surface area contributed by atoms with E-state index in [9.17, 15) is 0 Å². The lowest BCUT2D eigenvalue weighted by Gasteiger charge is -2.05. The van der Waals surface area contributed by atoms with Gasteiger partial charge in [-0.05, 0) is 17.2 Å². The van der Waals surface area contributed by atoms with Crippen molar-refractivity contribution in [3.63, 3.8) is 0 Å². The first-order valence-corrected chi connectivity index (χ1v) is 6.94. The maximum Gasteiger partial charge on any atom is 0.221 e. The van der Waals surface area contributed by atoms with Crippen LogP contribution in [0.3, 0.4) is 0 Å². The lowest BCUT2D eigenvalue weighted by molar-refractivity contribution is 0.357. The summed E-state index contributed by atoms with van der Waals surface area (Å²) in [7, 11) is 1.91. The van der Waals surface area contributed by atoms with Gasteiger partial charge in [-0.25, -0.2) is 14.6 Å². The van der Waals surface area contributed by atoms with Crippen LogP contribution in [-0.4, -0.2) is 38.8 Å². The van der Waals surface area contributed by atoms with E-state index in [1.807, 2.05) is 20.2 Å². The highest BCUT2D eigenvalue weighted by Crippen LogP contribution is 2.26. The molecule has 0 unspecified atom stereocenters. The molecule has 0 saturated carbocycles. The Morgan fingerprint density at radius 2 is 2.33 bits per heavy atom. The summed E-state index contributed by atoms with van der Waals surface area (Å²) in [6, 6.07) is 6.24. The first-order chi connectivity index (χ1) is 10.3. The quantitative estimate of drug-likeness (QED) is 0.656. The molecule has 3 heterocycles. The fourth-order valence-electron chi connectivity index (χ4n) is 2.53. The molecule has 0 N–H and O–H groups in total. The van der Waals surface area contributed by atoms with Gasteiger partial charge in [-0.15, -0.1) is 5.10 Å². The number of ether oxygens (including phenoxy) is 1. The Bertz CT molecular complexity index is 816. The second-order valence-corrected chi connectivity index (χ2v) is 5.02. The van der Waals surface area contributed by atoms with Crippen molar-refractivity contribution in [2.75, 3.05) is 6.61 Å². The number of fused-ring (bicyclic) bond motifs is 2. The van der Waals surface area contributed by atoms with Crippen LogP contribution in [0.25, 0.3) is 11.3 Å². The molecule has 2 aromatic heterocycles. The molecule has 1 aliphatic heterocycles. The molecule has 103 valence electrons. The van der Waals surface area contributed by atoms with Crippen molar-refractivity contribution in [2.45, 2.75) is 19.8 Å². The summed E-state index contributed by atoms with van der Waals surface area (Å²) in [5.41, 5.74) is 4.53. The van der Waals surface area contributed by atoms with Crippen LogP contribution in [0, 0.1) is 0 Å². The average Bonchev–Trinajstić information content (AvgIpc) is 3.13. The van der Waals surface area contributed by atoms with E-state index in [-0.39, 0.29) is 0 Å². The maximum absolute atomic E-state index is 5.53. The molecule has 0 spiro atoms. The predicted octanol–water partition coefficient (Wildman–Crippen LogP) is 0.582. The minimum Gasteiger partial charge on any atom is -0.493 e. The molecule has 6 nitrogen and oxygen atoms in total. The Hall–Kier alpha value is -2.44. The zero-order valence-electron chi connectivity index (χ0n) is 11.7. The third kappa shape index (κ3) is 2.14. The molecule has 1 aromatic carbocycles. The SMILES string of the molecule is C[B]c1cnc2nnn(Cc3ccc4c(c3)CCO4)c2n1. The van der Waals surface area contributed by atoms with E-state index in [0.29, 0.717) is 17.8 Å². The molecule has 0 saturated heterocycles. The van der Waals surface area contributed by atoms with Gasteiger partial charge in [0.1, 0.15) is 5.75 Å². The van der Waals surface area contributed by atoms with Gasteiger partial charge in [0.2, 0.25) is 5.65 Å². The van der Waals surface area contributed by atoms with Crippen molar-refractivity contribution in [3.8, 4) is 5.75 Å². The van der Waals surface area contributed by atoms with Crippen molar-refractivity contribution < 1.29 is 4.74 Å². The van der Waals surface area contributed by atoms with E-state index in [4.69, 9.17) is 4.74 Å². The van der Waals surface area contributed by atoms with Crippen LogP contribution in [0.2, 0.25) is 6.82 Å². The van der Waals surface area contributed by atoms with Crippen LogP contribution in [0.5, 0.6) is 5.75 Å². The Morgan fingerprint density at radius 1 is 1.38 bits per heavy atom. The minimum atomic E-state index is 0.574. The van der Waals surface area contributed by atoms with Gasteiger partial charge >= 0.3 is 0 Å². The van der Waals surface area contributed by atoms with E-state index >= 15 is 0 Å². The molecule has 0 aliphatic carbocycles. The summed E-state index contributed by atoms with van der Waals surface area (Å²) < 4.78 is 7.31. The van der Waals surface area contributed by atoms with Crippen molar-refractivity contribution in [2.24, 2.45) is 0 Å². The molecule has 1 aliphatic rings. The molecule has 3 aromatic rings. The van der Waals surface area contributed by atoms with E-state index in [0.717, 1.165) is 24.4 Å². The lowest BCUT2D eigenvalue weighted by atomic mass is 9.78. The van der Waals surface area contributed by atoms with Crippen LogP contribution in [0.1, 0.15) is 11.1 Å². The highest BCUT2D eigenvalue weighted by atomic mass is 16.5. The van der Waals surface area contributed by atoms with Crippen molar-refractivity contribution >= 4 is 24.2 Å². The van der Waals surface area contributed by atoms with Gasteiger partial charge in [-0.2, -0.15) is 0 Å². The van der Waals surface area contributed by atoms with E-state index in [1.165, 1.54) is 11.1 Å². The highest BCUT2D eigenvalue weighted by molar-refractivity contribution is 6.50. The molecule has 0 bridgehead atoms. The average molecular weight is 278 g/mol. The molecule has 0 atom stereocenters. The Balaban J connectivity index is 1.70. The number of hydrogen-bond acceptors (Lipinski definition) is 5. The second-order valence-electron chi connectivity index (χ2n) is 5.02. The highest BCUT2D eigenvalue weighted by Gasteiger charge is 2.14. The molecule has 0 amide bonds. The number of hydrogen-bond donors (Lipinski definition) is 0. The first kappa shape index (κ1) is 12.3. The molecule has 4 rings (SSSR count). The summed E-state index contributed by atoms with van der Waals surface area (Å²) in [6.07, 6.45) is 2.67.